The highest BCUT2D eigenvalue weighted by atomic mass is 15.2. The van der Waals surface area contributed by atoms with Crippen molar-refractivity contribution in [2.24, 2.45) is 17.6 Å². The Morgan fingerprint density at radius 3 is 2.40 bits per heavy atom. The van der Waals surface area contributed by atoms with Crippen LogP contribution >= 0.6 is 0 Å². The third-order valence-corrected chi connectivity index (χ3v) is 4.06. The van der Waals surface area contributed by atoms with Gasteiger partial charge in [0, 0.05) is 24.7 Å². The molecule has 1 aliphatic rings. The summed E-state index contributed by atoms with van der Waals surface area (Å²) in [7, 11) is 0. The summed E-state index contributed by atoms with van der Waals surface area (Å²) in [5, 5.41) is 0. The summed E-state index contributed by atoms with van der Waals surface area (Å²) in [6.45, 7) is 12.8. The SMILES string of the molecule is CC(C)CC(C)N1CCC(N)C(C)C1C. The second kappa shape index (κ2) is 5.31. The second-order valence-electron chi connectivity index (χ2n) is 5.77. The van der Waals surface area contributed by atoms with Crippen LogP contribution in [0.25, 0.3) is 0 Å². The van der Waals surface area contributed by atoms with Gasteiger partial charge in [-0.1, -0.05) is 20.8 Å². The van der Waals surface area contributed by atoms with E-state index in [0.29, 0.717) is 24.0 Å². The topological polar surface area (TPSA) is 29.3 Å². The third-order valence-electron chi connectivity index (χ3n) is 4.06. The molecule has 0 aromatic heterocycles. The van der Waals surface area contributed by atoms with E-state index < -0.39 is 0 Å². The molecule has 90 valence electrons. The van der Waals surface area contributed by atoms with Gasteiger partial charge in [0.05, 0.1) is 0 Å². The quantitative estimate of drug-likeness (QED) is 0.779. The minimum atomic E-state index is 0.405. The van der Waals surface area contributed by atoms with Gasteiger partial charge in [0.1, 0.15) is 0 Å². The van der Waals surface area contributed by atoms with Crippen molar-refractivity contribution in [3.8, 4) is 0 Å². The minimum absolute atomic E-state index is 0.405. The van der Waals surface area contributed by atoms with Crippen LogP contribution in [-0.2, 0) is 0 Å². The van der Waals surface area contributed by atoms with Gasteiger partial charge in [-0.3, -0.25) is 4.90 Å². The monoisotopic (exact) mass is 212 g/mol. The summed E-state index contributed by atoms with van der Waals surface area (Å²) >= 11 is 0. The molecule has 0 bridgehead atoms. The van der Waals surface area contributed by atoms with Crippen LogP contribution in [0.15, 0.2) is 0 Å². The number of nitrogens with two attached hydrogens (primary N) is 1. The summed E-state index contributed by atoms with van der Waals surface area (Å²) < 4.78 is 0. The molecule has 1 heterocycles. The number of rotatable bonds is 3. The van der Waals surface area contributed by atoms with Crippen LogP contribution in [0.5, 0.6) is 0 Å². The van der Waals surface area contributed by atoms with Crippen LogP contribution in [0.1, 0.15) is 47.5 Å². The summed E-state index contributed by atoms with van der Waals surface area (Å²) in [4.78, 5) is 2.65. The molecular weight excluding hydrogens is 184 g/mol. The molecule has 1 fully saturated rings. The highest BCUT2D eigenvalue weighted by molar-refractivity contribution is 4.89. The molecule has 2 heteroatoms. The zero-order valence-electron chi connectivity index (χ0n) is 11.0. The molecule has 0 aliphatic carbocycles. The minimum Gasteiger partial charge on any atom is -0.327 e. The smallest absolute Gasteiger partial charge is 0.0110 e. The van der Waals surface area contributed by atoms with Gasteiger partial charge >= 0.3 is 0 Å². The highest BCUT2D eigenvalue weighted by Gasteiger charge is 2.32. The van der Waals surface area contributed by atoms with Gasteiger partial charge in [-0.15, -0.1) is 0 Å². The van der Waals surface area contributed by atoms with Gasteiger partial charge in [-0.05, 0) is 38.5 Å². The van der Waals surface area contributed by atoms with Gasteiger partial charge in [0.15, 0.2) is 0 Å². The first-order valence-corrected chi connectivity index (χ1v) is 6.44. The Hall–Kier alpha value is -0.0800. The van der Waals surface area contributed by atoms with Crippen LogP contribution in [0.2, 0.25) is 0 Å². The highest BCUT2D eigenvalue weighted by Crippen LogP contribution is 2.26. The lowest BCUT2D eigenvalue weighted by molar-refractivity contribution is 0.0548. The first kappa shape index (κ1) is 13.0. The standard InChI is InChI=1S/C13H28N2/c1-9(2)8-10(3)15-7-6-13(14)11(4)12(15)5/h9-13H,6-8,14H2,1-5H3. The molecule has 1 aliphatic heterocycles. The zero-order chi connectivity index (χ0) is 11.6. The lowest BCUT2D eigenvalue weighted by Crippen LogP contribution is -2.54. The number of hydrogen-bond acceptors (Lipinski definition) is 2. The van der Waals surface area contributed by atoms with Crippen molar-refractivity contribution in [1.82, 2.24) is 4.90 Å². The fourth-order valence-corrected chi connectivity index (χ4v) is 2.86. The van der Waals surface area contributed by atoms with Crippen molar-refractivity contribution in [1.29, 1.82) is 0 Å². The van der Waals surface area contributed by atoms with Gasteiger partial charge in [-0.25, -0.2) is 0 Å². The van der Waals surface area contributed by atoms with Gasteiger partial charge in [0.25, 0.3) is 0 Å². The molecular formula is C13H28N2. The van der Waals surface area contributed by atoms with E-state index >= 15 is 0 Å². The molecule has 15 heavy (non-hydrogen) atoms. The predicted molar refractivity (Wildman–Crippen MR) is 66.8 cm³/mol. The van der Waals surface area contributed by atoms with E-state index in [0.717, 1.165) is 12.3 Å². The molecule has 4 unspecified atom stereocenters. The van der Waals surface area contributed by atoms with E-state index in [4.69, 9.17) is 5.73 Å². The molecule has 4 atom stereocenters. The van der Waals surface area contributed by atoms with E-state index in [9.17, 15) is 0 Å². The Bertz CT molecular complexity index is 191. The van der Waals surface area contributed by atoms with Gasteiger partial charge < -0.3 is 5.73 Å². The lowest BCUT2D eigenvalue weighted by atomic mass is 9.86. The van der Waals surface area contributed by atoms with E-state index in [1.54, 1.807) is 0 Å². The van der Waals surface area contributed by atoms with Crippen molar-refractivity contribution < 1.29 is 0 Å². The summed E-state index contributed by atoms with van der Waals surface area (Å²) in [6.07, 6.45) is 2.46. The zero-order valence-corrected chi connectivity index (χ0v) is 11.0. The van der Waals surface area contributed by atoms with Crippen LogP contribution in [0.3, 0.4) is 0 Å². The molecule has 2 nitrogen and oxygen atoms in total. The fraction of sp³-hybridized carbons (Fsp3) is 1.00. The van der Waals surface area contributed by atoms with E-state index in [1.807, 2.05) is 0 Å². The number of piperidine rings is 1. The lowest BCUT2D eigenvalue weighted by Gasteiger charge is -2.45. The predicted octanol–water partition coefficient (Wildman–Crippen LogP) is 2.48. The Morgan fingerprint density at radius 2 is 1.87 bits per heavy atom. The summed E-state index contributed by atoms with van der Waals surface area (Å²) in [5.41, 5.74) is 6.11. The van der Waals surface area contributed by atoms with Crippen molar-refractivity contribution in [2.45, 2.75) is 65.6 Å². The molecule has 0 spiro atoms. The molecule has 1 saturated heterocycles. The van der Waals surface area contributed by atoms with Crippen molar-refractivity contribution >= 4 is 0 Å². The number of hydrogen-bond donors (Lipinski definition) is 1. The van der Waals surface area contributed by atoms with Crippen molar-refractivity contribution in [3.63, 3.8) is 0 Å². The van der Waals surface area contributed by atoms with Crippen molar-refractivity contribution in [2.75, 3.05) is 6.54 Å². The largest absolute Gasteiger partial charge is 0.327 e. The third kappa shape index (κ3) is 3.18. The van der Waals surface area contributed by atoms with Crippen LogP contribution < -0.4 is 5.73 Å². The van der Waals surface area contributed by atoms with E-state index in [2.05, 4.69) is 39.5 Å². The van der Waals surface area contributed by atoms with E-state index in [-0.39, 0.29) is 0 Å². The Morgan fingerprint density at radius 1 is 1.27 bits per heavy atom. The van der Waals surface area contributed by atoms with Crippen LogP contribution in [0.4, 0.5) is 0 Å². The van der Waals surface area contributed by atoms with Gasteiger partial charge in [0.2, 0.25) is 0 Å². The molecule has 0 aromatic rings. The van der Waals surface area contributed by atoms with E-state index in [1.165, 1.54) is 13.0 Å². The Kier molecular flexibility index (Phi) is 4.60. The fourth-order valence-electron chi connectivity index (χ4n) is 2.86. The maximum atomic E-state index is 6.11. The normalized spacial score (nSPS) is 35.8. The average Bonchev–Trinajstić information content (AvgIpc) is 2.13. The maximum Gasteiger partial charge on any atom is 0.0110 e. The van der Waals surface area contributed by atoms with Crippen LogP contribution in [0, 0.1) is 11.8 Å². The van der Waals surface area contributed by atoms with Crippen molar-refractivity contribution in [3.05, 3.63) is 0 Å². The first-order valence-electron chi connectivity index (χ1n) is 6.44. The second-order valence-corrected chi connectivity index (χ2v) is 5.77. The summed E-state index contributed by atoms with van der Waals surface area (Å²) in [6, 6.07) is 1.75. The maximum absolute atomic E-state index is 6.11. The Balaban J connectivity index is 2.55. The van der Waals surface area contributed by atoms with Gasteiger partial charge in [-0.2, -0.15) is 0 Å². The molecule has 2 N–H and O–H groups in total. The summed E-state index contributed by atoms with van der Waals surface area (Å²) in [5.74, 6) is 1.42. The number of nitrogens with zero attached hydrogens (tertiary/aromatic N) is 1. The molecule has 0 radical (unpaired) electrons. The molecule has 1 rings (SSSR count). The number of likely N-dealkylation sites (tertiary alicyclic amines) is 1. The first-order chi connectivity index (χ1) is 6.93. The molecule has 0 saturated carbocycles. The average molecular weight is 212 g/mol. The van der Waals surface area contributed by atoms with Crippen LogP contribution in [-0.4, -0.2) is 29.6 Å². The molecule has 0 amide bonds. The Labute approximate surface area is 95.2 Å². The molecule has 0 aromatic carbocycles.